The zero-order valence-corrected chi connectivity index (χ0v) is 20.3. The van der Waals surface area contributed by atoms with E-state index in [9.17, 15) is 0 Å². The summed E-state index contributed by atoms with van der Waals surface area (Å²) in [5.41, 5.74) is 4.42. The molecule has 0 aromatic heterocycles. The quantitative estimate of drug-likeness (QED) is 0.448. The summed E-state index contributed by atoms with van der Waals surface area (Å²) >= 11 is 0. The van der Waals surface area contributed by atoms with Crippen LogP contribution in [-0.2, 0) is 4.74 Å². The Morgan fingerprint density at radius 3 is 2.32 bits per heavy atom. The Hall–Kier alpha value is -0.340. The average Bonchev–Trinajstić information content (AvgIpc) is 3.21. The van der Waals surface area contributed by atoms with Crippen molar-refractivity contribution < 1.29 is 4.74 Å². The number of rotatable bonds is 7. The minimum absolute atomic E-state index is 0.407. The Kier molecular flexibility index (Phi) is 12.7. The van der Waals surface area contributed by atoms with Gasteiger partial charge >= 0.3 is 0 Å². The number of hydrogen-bond acceptors (Lipinski definition) is 2. The first-order valence-corrected chi connectivity index (χ1v) is 12.6. The van der Waals surface area contributed by atoms with E-state index in [0.717, 1.165) is 11.3 Å². The Balaban J connectivity index is 0.000000921. The molecule has 1 fully saturated rings. The van der Waals surface area contributed by atoms with Crippen LogP contribution in [0.5, 0.6) is 0 Å². The van der Waals surface area contributed by atoms with Gasteiger partial charge in [-0.3, -0.25) is 0 Å². The van der Waals surface area contributed by atoms with Gasteiger partial charge in [-0.15, -0.1) is 0 Å². The van der Waals surface area contributed by atoms with Crippen molar-refractivity contribution in [2.75, 3.05) is 13.7 Å². The molecule has 1 aliphatic heterocycles. The number of hydrogen-bond donors (Lipinski definition) is 1. The Labute approximate surface area is 177 Å². The summed E-state index contributed by atoms with van der Waals surface area (Å²) in [5.74, 6) is 0.842. The van der Waals surface area contributed by atoms with Crippen LogP contribution in [0.1, 0.15) is 119 Å². The predicted octanol–water partition coefficient (Wildman–Crippen LogP) is 7.67. The molecule has 3 rings (SSSR count). The van der Waals surface area contributed by atoms with Crippen molar-refractivity contribution in [3.8, 4) is 0 Å². The van der Waals surface area contributed by atoms with Gasteiger partial charge < -0.3 is 10.1 Å². The minimum atomic E-state index is 0.407. The van der Waals surface area contributed by atoms with Crippen LogP contribution in [-0.4, -0.2) is 25.8 Å². The fraction of sp³-hybridized carbons (Fsp3) is 0.923. The molecule has 1 spiro atoms. The third-order valence-electron chi connectivity index (χ3n) is 7.40. The normalized spacial score (nSPS) is 25.2. The maximum absolute atomic E-state index is 5.45. The van der Waals surface area contributed by atoms with E-state index < -0.39 is 0 Å². The molecule has 3 unspecified atom stereocenters. The van der Waals surface area contributed by atoms with Gasteiger partial charge in [0.2, 0.25) is 0 Å². The summed E-state index contributed by atoms with van der Waals surface area (Å²) in [4.78, 5) is 0. The molecule has 2 nitrogen and oxygen atoms in total. The highest BCUT2D eigenvalue weighted by molar-refractivity contribution is 5.28. The van der Waals surface area contributed by atoms with E-state index in [-0.39, 0.29) is 0 Å². The molecule has 0 bridgehead atoms. The van der Waals surface area contributed by atoms with Crippen molar-refractivity contribution in [2.45, 2.75) is 131 Å². The second-order valence-corrected chi connectivity index (χ2v) is 8.90. The van der Waals surface area contributed by atoms with E-state index in [2.05, 4.69) is 19.2 Å². The average molecular weight is 394 g/mol. The van der Waals surface area contributed by atoms with Gasteiger partial charge in [-0.2, -0.15) is 0 Å². The lowest BCUT2D eigenvalue weighted by molar-refractivity contribution is 0.103. The third-order valence-corrected chi connectivity index (χ3v) is 7.40. The van der Waals surface area contributed by atoms with Crippen LogP contribution in [0.4, 0.5) is 0 Å². The van der Waals surface area contributed by atoms with E-state index in [4.69, 9.17) is 4.74 Å². The first-order valence-electron chi connectivity index (χ1n) is 12.6. The summed E-state index contributed by atoms with van der Waals surface area (Å²) < 4.78 is 5.45. The molecule has 28 heavy (non-hydrogen) atoms. The van der Waals surface area contributed by atoms with Crippen molar-refractivity contribution in [2.24, 2.45) is 11.3 Å². The Morgan fingerprint density at radius 1 is 1.04 bits per heavy atom. The van der Waals surface area contributed by atoms with Crippen molar-refractivity contribution in [1.29, 1.82) is 0 Å². The topological polar surface area (TPSA) is 21.3 Å². The first-order chi connectivity index (χ1) is 13.7. The highest BCUT2D eigenvalue weighted by Gasteiger charge is 2.40. The van der Waals surface area contributed by atoms with E-state index in [1.807, 2.05) is 46.0 Å². The van der Waals surface area contributed by atoms with Crippen LogP contribution in [0.2, 0.25) is 0 Å². The molecule has 3 aliphatic rings. The molecule has 3 atom stereocenters. The number of methoxy groups -OCH3 is 1. The maximum atomic E-state index is 5.45. The van der Waals surface area contributed by atoms with E-state index in [0.29, 0.717) is 12.1 Å². The summed E-state index contributed by atoms with van der Waals surface area (Å²) in [6.07, 6.45) is 17.2. The van der Waals surface area contributed by atoms with Crippen LogP contribution in [0.15, 0.2) is 11.1 Å². The van der Waals surface area contributed by atoms with Crippen LogP contribution in [0.25, 0.3) is 0 Å². The molecule has 0 aromatic carbocycles. The van der Waals surface area contributed by atoms with Gasteiger partial charge in [0, 0.05) is 13.2 Å². The molecule has 0 saturated heterocycles. The summed E-state index contributed by atoms with van der Waals surface area (Å²) in [5, 5.41) is 3.87. The molecule has 1 saturated carbocycles. The molecular weight excluding hydrogens is 342 g/mol. The molecule has 2 heteroatoms. The molecule has 1 heterocycles. The van der Waals surface area contributed by atoms with E-state index >= 15 is 0 Å². The molecule has 0 radical (unpaired) electrons. The fourth-order valence-electron chi connectivity index (χ4n) is 5.61. The van der Waals surface area contributed by atoms with Gasteiger partial charge in [0.05, 0.1) is 6.10 Å². The lowest BCUT2D eigenvalue weighted by atomic mass is 9.67. The van der Waals surface area contributed by atoms with Gasteiger partial charge in [-0.1, -0.05) is 65.0 Å². The standard InChI is InChI=1S/C22H39NO.2C2H6/c1-4-18(8-7-17(2)24-3)15-21-20-9-13-22(11-5-6-12-22)16-19(20)10-14-23-21;2*1-2/h17-18,21,23H,4-16H2,1-3H3;2*1-2H3. The van der Waals surface area contributed by atoms with E-state index in [1.165, 1.54) is 83.6 Å². The van der Waals surface area contributed by atoms with Crippen molar-refractivity contribution in [3.05, 3.63) is 11.1 Å². The molecule has 1 N–H and O–H groups in total. The Bertz CT molecular complexity index is 436. The summed E-state index contributed by atoms with van der Waals surface area (Å²) in [6, 6.07) is 0.676. The number of ether oxygens (including phenoxy) is 1. The van der Waals surface area contributed by atoms with Crippen molar-refractivity contribution >= 4 is 0 Å². The smallest absolute Gasteiger partial charge is 0.0543 e. The lowest BCUT2D eigenvalue weighted by Gasteiger charge is -2.42. The van der Waals surface area contributed by atoms with Crippen LogP contribution in [0.3, 0.4) is 0 Å². The molecule has 2 aliphatic carbocycles. The van der Waals surface area contributed by atoms with Gasteiger partial charge in [-0.25, -0.2) is 0 Å². The zero-order chi connectivity index (χ0) is 21.0. The van der Waals surface area contributed by atoms with Gasteiger partial charge in [0.1, 0.15) is 0 Å². The molecule has 0 aromatic rings. The van der Waals surface area contributed by atoms with Gasteiger partial charge in [-0.05, 0) is 82.6 Å². The molecular formula is C26H51NO. The second kappa shape index (κ2) is 13.8. The summed E-state index contributed by atoms with van der Waals surface area (Å²) in [6.45, 7) is 13.8. The zero-order valence-electron chi connectivity index (χ0n) is 20.3. The SMILES string of the molecule is CC.CC.CCC(CCC(C)OC)CC1NCCC2=C1CCC1(CCCC1)C2. The molecule has 166 valence electrons. The third kappa shape index (κ3) is 7.17. The summed E-state index contributed by atoms with van der Waals surface area (Å²) in [7, 11) is 1.84. The fourth-order valence-corrected chi connectivity index (χ4v) is 5.61. The van der Waals surface area contributed by atoms with Gasteiger partial charge in [0.15, 0.2) is 0 Å². The Morgan fingerprint density at radius 2 is 1.71 bits per heavy atom. The van der Waals surface area contributed by atoms with Crippen molar-refractivity contribution in [1.82, 2.24) is 5.32 Å². The van der Waals surface area contributed by atoms with Crippen LogP contribution >= 0.6 is 0 Å². The minimum Gasteiger partial charge on any atom is -0.382 e. The molecule has 0 amide bonds. The van der Waals surface area contributed by atoms with Crippen LogP contribution < -0.4 is 5.32 Å². The maximum Gasteiger partial charge on any atom is 0.0543 e. The highest BCUT2D eigenvalue weighted by Crippen LogP contribution is 2.52. The monoisotopic (exact) mass is 393 g/mol. The van der Waals surface area contributed by atoms with Crippen LogP contribution in [0, 0.1) is 11.3 Å². The van der Waals surface area contributed by atoms with Gasteiger partial charge in [0.25, 0.3) is 0 Å². The lowest BCUT2D eigenvalue weighted by Crippen LogP contribution is -2.41. The highest BCUT2D eigenvalue weighted by atomic mass is 16.5. The van der Waals surface area contributed by atoms with E-state index in [1.54, 1.807) is 0 Å². The van der Waals surface area contributed by atoms with Crippen molar-refractivity contribution in [3.63, 3.8) is 0 Å². The second-order valence-electron chi connectivity index (χ2n) is 8.90. The number of nitrogens with one attached hydrogen (secondary N) is 1. The largest absolute Gasteiger partial charge is 0.382 e. The first kappa shape index (κ1) is 25.7. The predicted molar refractivity (Wildman–Crippen MR) is 125 cm³/mol.